The fourth-order valence-corrected chi connectivity index (χ4v) is 4.80. The van der Waals surface area contributed by atoms with Crippen molar-refractivity contribution in [2.75, 3.05) is 0 Å². The Kier molecular flexibility index (Phi) is 4.60. The molecule has 0 fully saturated rings. The number of nitriles is 1. The maximum absolute atomic E-state index is 13.4. The number of para-hydroxylation sites is 1. The molecule has 0 bridgehead atoms. The zero-order chi connectivity index (χ0) is 19.7. The lowest BCUT2D eigenvalue weighted by molar-refractivity contribution is 0.596. The van der Waals surface area contributed by atoms with Gasteiger partial charge in [0.25, 0.3) is 0 Å². The van der Waals surface area contributed by atoms with Gasteiger partial charge in [0, 0.05) is 22.2 Å². The lowest BCUT2D eigenvalue weighted by atomic mass is 10.0. The number of sulfone groups is 1. The molecule has 4 rings (SSSR count). The Morgan fingerprint density at radius 1 is 0.929 bits per heavy atom. The first-order valence-electron chi connectivity index (χ1n) is 8.39. The summed E-state index contributed by atoms with van der Waals surface area (Å²) in [6.07, 6.45) is 1.37. The number of fused-ring (bicyclic) bond motifs is 1. The molecule has 136 valence electrons. The smallest absolute Gasteiger partial charge is 0.208 e. The summed E-state index contributed by atoms with van der Waals surface area (Å²) in [5, 5.41) is 10.3. The number of halogens is 1. The average Bonchev–Trinajstić information content (AvgIpc) is 2.73. The van der Waals surface area contributed by atoms with Crippen LogP contribution in [-0.2, 0) is 9.84 Å². The summed E-state index contributed by atoms with van der Waals surface area (Å²) in [5.74, 6) is 0. The van der Waals surface area contributed by atoms with E-state index in [1.165, 1.54) is 18.3 Å². The van der Waals surface area contributed by atoms with Crippen molar-refractivity contribution in [3.05, 3.63) is 89.6 Å². The second-order valence-corrected chi connectivity index (χ2v) is 8.52. The Labute approximate surface area is 167 Å². The van der Waals surface area contributed by atoms with Crippen LogP contribution in [-0.4, -0.2) is 13.4 Å². The summed E-state index contributed by atoms with van der Waals surface area (Å²) < 4.78 is 26.9. The molecule has 0 unspecified atom stereocenters. The Morgan fingerprint density at radius 3 is 2.50 bits per heavy atom. The number of benzene rings is 3. The van der Waals surface area contributed by atoms with Crippen LogP contribution in [0.4, 0.5) is 0 Å². The molecule has 4 aromatic rings. The van der Waals surface area contributed by atoms with Crippen LogP contribution >= 0.6 is 11.6 Å². The average molecular weight is 405 g/mol. The van der Waals surface area contributed by atoms with Crippen LogP contribution in [0, 0.1) is 11.3 Å². The molecule has 0 atom stereocenters. The van der Waals surface area contributed by atoms with Gasteiger partial charge in [-0.2, -0.15) is 5.26 Å². The number of aromatic nitrogens is 1. The van der Waals surface area contributed by atoms with Crippen LogP contribution in [0.5, 0.6) is 0 Å². The second-order valence-electron chi connectivity index (χ2n) is 6.17. The summed E-state index contributed by atoms with van der Waals surface area (Å²) in [7, 11) is -3.91. The fourth-order valence-electron chi connectivity index (χ4n) is 3.13. The lowest BCUT2D eigenvalue weighted by Gasteiger charge is -2.14. The summed E-state index contributed by atoms with van der Waals surface area (Å²) in [6, 6.07) is 22.4. The minimum absolute atomic E-state index is 0.0481. The fraction of sp³-hybridized carbons (Fsp3) is 0. The van der Waals surface area contributed by atoms with Crippen molar-refractivity contribution in [3.63, 3.8) is 0 Å². The third kappa shape index (κ3) is 3.13. The number of hydrogen-bond acceptors (Lipinski definition) is 4. The van der Waals surface area contributed by atoms with Gasteiger partial charge in [-0.15, -0.1) is 0 Å². The monoisotopic (exact) mass is 404 g/mol. The largest absolute Gasteiger partial charge is 0.255 e. The lowest BCUT2D eigenvalue weighted by Crippen LogP contribution is -2.06. The molecule has 28 heavy (non-hydrogen) atoms. The number of rotatable bonds is 3. The highest BCUT2D eigenvalue weighted by Gasteiger charge is 2.25. The van der Waals surface area contributed by atoms with Crippen molar-refractivity contribution in [2.45, 2.75) is 9.79 Å². The number of nitrogens with zero attached hydrogens (tertiary/aromatic N) is 2. The SMILES string of the molecule is N#Cc1cccc(S(=O)(=O)c2cnc3ccccc3c2-c2cccc(Cl)c2)c1. The van der Waals surface area contributed by atoms with Crippen LogP contribution in [0.1, 0.15) is 5.56 Å². The van der Waals surface area contributed by atoms with E-state index in [1.54, 1.807) is 30.3 Å². The Balaban J connectivity index is 2.07. The topological polar surface area (TPSA) is 70.8 Å². The Bertz CT molecular complexity index is 1360. The van der Waals surface area contributed by atoms with Crippen LogP contribution < -0.4 is 0 Å². The van der Waals surface area contributed by atoms with Crippen LogP contribution in [0.3, 0.4) is 0 Å². The van der Waals surface area contributed by atoms with Gasteiger partial charge in [0.1, 0.15) is 0 Å². The highest BCUT2D eigenvalue weighted by atomic mass is 35.5. The van der Waals surface area contributed by atoms with Crippen molar-refractivity contribution in [1.29, 1.82) is 5.26 Å². The third-order valence-electron chi connectivity index (χ3n) is 4.42. The molecular weight excluding hydrogens is 392 g/mol. The van der Waals surface area contributed by atoms with E-state index in [4.69, 9.17) is 16.9 Å². The minimum atomic E-state index is -3.91. The Hall–Kier alpha value is -3.20. The molecule has 6 heteroatoms. The van der Waals surface area contributed by atoms with E-state index in [9.17, 15) is 8.42 Å². The predicted molar refractivity (Wildman–Crippen MR) is 109 cm³/mol. The molecular formula is C22H13ClN2O2S. The summed E-state index contributed by atoms with van der Waals surface area (Å²) in [5.41, 5.74) is 2.18. The van der Waals surface area contributed by atoms with E-state index >= 15 is 0 Å². The van der Waals surface area contributed by atoms with Gasteiger partial charge in [-0.1, -0.05) is 48.0 Å². The van der Waals surface area contributed by atoms with Gasteiger partial charge in [-0.25, -0.2) is 8.42 Å². The predicted octanol–water partition coefficient (Wildman–Crippen LogP) is 5.26. The molecule has 0 aliphatic carbocycles. The summed E-state index contributed by atoms with van der Waals surface area (Å²) in [6.45, 7) is 0. The van der Waals surface area contributed by atoms with E-state index in [0.717, 1.165) is 0 Å². The highest BCUT2D eigenvalue weighted by molar-refractivity contribution is 7.91. The van der Waals surface area contributed by atoms with Gasteiger partial charge >= 0.3 is 0 Å². The zero-order valence-electron chi connectivity index (χ0n) is 14.5. The van der Waals surface area contributed by atoms with Crippen LogP contribution in [0.15, 0.2) is 88.8 Å². The highest BCUT2D eigenvalue weighted by Crippen LogP contribution is 2.37. The van der Waals surface area contributed by atoms with Gasteiger partial charge in [-0.3, -0.25) is 4.98 Å². The van der Waals surface area contributed by atoms with Gasteiger partial charge in [-0.05, 0) is 42.0 Å². The van der Waals surface area contributed by atoms with E-state index in [-0.39, 0.29) is 15.4 Å². The molecule has 0 N–H and O–H groups in total. The molecule has 1 heterocycles. The maximum Gasteiger partial charge on any atom is 0.208 e. The van der Waals surface area contributed by atoms with E-state index < -0.39 is 9.84 Å². The van der Waals surface area contributed by atoms with E-state index in [0.29, 0.717) is 27.1 Å². The number of pyridine rings is 1. The second kappa shape index (κ2) is 7.08. The van der Waals surface area contributed by atoms with Crippen molar-refractivity contribution in [1.82, 2.24) is 4.98 Å². The van der Waals surface area contributed by atoms with Crippen LogP contribution in [0.25, 0.3) is 22.0 Å². The molecule has 0 saturated heterocycles. The number of hydrogen-bond donors (Lipinski definition) is 0. The molecule has 4 nitrogen and oxygen atoms in total. The normalized spacial score (nSPS) is 11.3. The summed E-state index contributed by atoms with van der Waals surface area (Å²) in [4.78, 5) is 4.47. The third-order valence-corrected chi connectivity index (χ3v) is 6.42. The minimum Gasteiger partial charge on any atom is -0.255 e. The standard InChI is InChI=1S/C22H13ClN2O2S/c23-17-7-4-6-16(12-17)22-19-9-1-2-10-20(19)25-14-21(22)28(26,27)18-8-3-5-15(11-18)13-24/h1-12,14H. The Morgan fingerprint density at radius 2 is 1.71 bits per heavy atom. The van der Waals surface area contributed by atoms with Gasteiger partial charge < -0.3 is 0 Å². The van der Waals surface area contributed by atoms with Gasteiger partial charge in [0.15, 0.2) is 0 Å². The van der Waals surface area contributed by atoms with Crippen LogP contribution in [0.2, 0.25) is 5.02 Å². The van der Waals surface area contributed by atoms with Crippen molar-refractivity contribution in [2.24, 2.45) is 0 Å². The van der Waals surface area contributed by atoms with Crippen molar-refractivity contribution < 1.29 is 8.42 Å². The van der Waals surface area contributed by atoms with E-state index in [2.05, 4.69) is 4.98 Å². The molecule has 0 aliphatic heterocycles. The van der Waals surface area contributed by atoms with Gasteiger partial charge in [0.2, 0.25) is 9.84 Å². The molecule has 0 aliphatic rings. The molecule has 0 saturated carbocycles. The molecule has 0 radical (unpaired) electrons. The van der Waals surface area contributed by atoms with Crippen molar-refractivity contribution in [3.8, 4) is 17.2 Å². The quantitative estimate of drug-likeness (QED) is 0.467. The maximum atomic E-state index is 13.4. The molecule has 0 spiro atoms. The molecule has 1 aromatic heterocycles. The zero-order valence-corrected chi connectivity index (χ0v) is 16.1. The molecule has 3 aromatic carbocycles. The first kappa shape index (κ1) is 18.2. The first-order valence-corrected chi connectivity index (χ1v) is 10.3. The molecule has 0 amide bonds. The van der Waals surface area contributed by atoms with Crippen molar-refractivity contribution >= 4 is 32.3 Å². The first-order chi connectivity index (χ1) is 13.5. The van der Waals surface area contributed by atoms with Gasteiger partial charge in [0.05, 0.1) is 26.9 Å². The van der Waals surface area contributed by atoms with E-state index in [1.807, 2.05) is 36.4 Å². The summed E-state index contributed by atoms with van der Waals surface area (Å²) >= 11 is 6.17.